The average molecular weight is 299 g/mol. The summed E-state index contributed by atoms with van der Waals surface area (Å²) in [5.74, 6) is 0. The molecule has 0 bridgehead atoms. The fourth-order valence-electron chi connectivity index (χ4n) is 2.71. The van der Waals surface area contributed by atoms with Gasteiger partial charge < -0.3 is 0 Å². The molecule has 0 aliphatic carbocycles. The monoisotopic (exact) mass is 298 g/mol. The molecule has 2 nitrogen and oxygen atoms in total. The van der Waals surface area contributed by atoms with E-state index in [0.29, 0.717) is 6.17 Å². The van der Waals surface area contributed by atoms with Gasteiger partial charge in [-0.2, -0.15) is 0 Å². The van der Waals surface area contributed by atoms with Gasteiger partial charge >= 0.3 is 0 Å². The van der Waals surface area contributed by atoms with E-state index < -0.39 is 0 Å². The highest BCUT2D eigenvalue weighted by atomic mass is 15.2. The van der Waals surface area contributed by atoms with Crippen LogP contribution in [0.3, 0.4) is 0 Å². The van der Waals surface area contributed by atoms with Gasteiger partial charge in [0, 0.05) is 11.1 Å². The molecule has 0 saturated heterocycles. The highest BCUT2D eigenvalue weighted by Crippen LogP contribution is 2.13. The van der Waals surface area contributed by atoms with E-state index in [2.05, 4.69) is 59.1 Å². The Bertz CT molecular complexity index is 219. The molecule has 0 amide bonds. The van der Waals surface area contributed by atoms with E-state index in [-0.39, 0.29) is 11.1 Å². The van der Waals surface area contributed by atoms with Gasteiger partial charge in [0.05, 0.1) is 6.17 Å². The van der Waals surface area contributed by atoms with Gasteiger partial charge in [-0.1, -0.05) is 58.3 Å². The third-order valence-corrected chi connectivity index (χ3v) is 3.56. The average Bonchev–Trinajstić information content (AvgIpc) is 2.28. The van der Waals surface area contributed by atoms with E-state index >= 15 is 0 Å². The molecule has 0 rings (SSSR count). The third kappa shape index (κ3) is 16.1. The van der Waals surface area contributed by atoms with E-state index in [1.165, 1.54) is 57.8 Å². The number of unbranched alkanes of at least 4 members (excludes halogenated alkanes) is 7. The number of hydrogen-bond donors (Lipinski definition) is 2. The summed E-state index contributed by atoms with van der Waals surface area (Å²) in [6.07, 6.45) is 12.8. The van der Waals surface area contributed by atoms with Gasteiger partial charge in [-0.15, -0.1) is 0 Å². The molecule has 0 saturated carbocycles. The predicted octanol–water partition coefficient (Wildman–Crippen LogP) is 5.62. The summed E-state index contributed by atoms with van der Waals surface area (Å²) in [5.41, 5.74) is 0.339. The number of rotatable bonds is 11. The molecule has 0 aliphatic heterocycles. The van der Waals surface area contributed by atoms with Crippen LogP contribution in [0.4, 0.5) is 0 Å². The Morgan fingerprint density at radius 2 is 1.00 bits per heavy atom. The molecule has 0 radical (unpaired) electrons. The van der Waals surface area contributed by atoms with Gasteiger partial charge in [-0.3, -0.25) is 10.6 Å². The molecule has 0 aliphatic rings. The van der Waals surface area contributed by atoms with E-state index in [4.69, 9.17) is 0 Å². The van der Waals surface area contributed by atoms with Crippen molar-refractivity contribution in [3.63, 3.8) is 0 Å². The van der Waals surface area contributed by atoms with Crippen molar-refractivity contribution < 1.29 is 0 Å². The van der Waals surface area contributed by atoms with Crippen molar-refractivity contribution >= 4 is 0 Å². The second-order valence-corrected chi connectivity index (χ2v) is 8.60. The van der Waals surface area contributed by atoms with Gasteiger partial charge in [-0.25, -0.2) is 0 Å². The molecule has 0 fully saturated rings. The van der Waals surface area contributed by atoms with Crippen LogP contribution in [0.5, 0.6) is 0 Å². The van der Waals surface area contributed by atoms with Gasteiger partial charge in [0.25, 0.3) is 0 Å². The molecule has 2 heteroatoms. The zero-order valence-electron chi connectivity index (χ0n) is 15.9. The van der Waals surface area contributed by atoms with Crippen molar-refractivity contribution in [2.45, 2.75) is 123 Å². The van der Waals surface area contributed by atoms with Crippen LogP contribution in [0.25, 0.3) is 0 Å². The van der Waals surface area contributed by atoms with Crippen molar-refractivity contribution in [1.29, 1.82) is 0 Å². The van der Waals surface area contributed by atoms with Crippen molar-refractivity contribution in [2.24, 2.45) is 0 Å². The standard InChI is InChI=1S/C19H42N2/c1-8-9-10-11-12-13-14-15-16-17(20-18(2,3)4)21-19(5,6)7/h17,20-21H,8-16H2,1-7H3. The molecule has 0 aromatic heterocycles. The molecule has 0 aromatic rings. The molecule has 0 spiro atoms. The van der Waals surface area contributed by atoms with E-state index in [0.717, 1.165) is 0 Å². The van der Waals surface area contributed by atoms with Gasteiger partial charge in [0.15, 0.2) is 0 Å². The molecule has 0 atom stereocenters. The lowest BCUT2D eigenvalue weighted by molar-refractivity contribution is 0.247. The van der Waals surface area contributed by atoms with Crippen LogP contribution < -0.4 is 10.6 Å². The fourth-order valence-corrected chi connectivity index (χ4v) is 2.71. The third-order valence-electron chi connectivity index (χ3n) is 3.56. The second kappa shape index (κ2) is 10.6. The van der Waals surface area contributed by atoms with Crippen LogP contribution in [0.15, 0.2) is 0 Å². The number of nitrogens with one attached hydrogen (secondary N) is 2. The van der Waals surface area contributed by atoms with Crippen molar-refractivity contribution in [3.8, 4) is 0 Å². The van der Waals surface area contributed by atoms with E-state index in [1.54, 1.807) is 0 Å². The Labute approximate surface area is 134 Å². The van der Waals surface area contributed by atoms with Crippen molar-refractivity contribution in [1.82, 2.24) is 10.6 Å². The largest absolute Gasteiger partial charge is 0.297 e. The second-order valence-electron chi connectivity index (χ2n) is 8.60. The molecule has 0 aromatic carbocycles. The first kappa shape index (κ1) is 20.9. The Morgan fingerprint density at radius 1 is 0.619 bits per heavy atom. The fraction of sp³-hybridized carbons (Fsp3) is 1.00. The van der Waals surface area contributed by atoms with E-state index in [9.17, 15) is 0 Å². The lowest BCUT2D eigenvalue weighted by Gasteiger charge is -2.34. The van der Waals surface area contributed by atoms with Crippen LogP contribution in [0, 0.1) is 0 Å². The smallest absolute Gasteiger partial charge is 0.0579 e. The zero-order chi connectivity index (χ0) is 16.4. The minimum atomic E-state index is 0.170. The normalized spacial score (nSPS) is 13.1. The highest BCUT2D eigenvalue weighted by molar-refractivity contribution is 4.82. The van der Waals surface area contributed by atoms with Crippen LogP contribution in [-0.2, 0) is 0 Å². The summed E-state index contributed by atoms with van der Waals surface area (Å²) in [7, 11) is 0. The minimum Gasteiger partial charge on any atom is -0.297 e. The summed E-state index contributed by atoms with van der Waals surface area (Å²) in [6.45, 7) is 15.8. The molecule has 0 unspecified atom stereocenters. The van der Waals surface area contributed by atoms with Crippen LogP contribution in [0.1, 0.15) is 106 Å². The zero-order valence-corrected chi connectivity index (χ0v) is 15.9. The van der Waals surface area contributed by atoms with Gasteiger partial charge in [0.1, 0.15) is 0 Å². The topological polar surface area (TPSA) is 24.1 Å². The minimum absolute atomic E-state index is 0.170. The molecule has 0 heterocycles. The van der Waals surface area contributed by atoms with Gasteiger partial charge in [0.2, 0.25) is 0 Å². The first-order valence-electron chi connectivity index (χ1n) is 9.19. The van der Waals surface area contributed by atoms with Crippen molar-refractivity contribution in [3.05, 3.63) is 0 Å². The lowest BCUT2D eigenvalue weighted by atomic mass is 10.0. The lowest BCUT2D eigenvalue weighted by Crippen LogP contribution is -2.56. The molecule has 2 N–H and O–H groups in total. The first-order chi connectivity index (χ1) is 9.64. The summed E-state index contributed by atoms with van der Waals surface area (Å²) in [5, 5.41) is 7.44. The quantitative estimate of drug-likeness (QED) is 0.382. The van der Waals surface area contributed by atoms with Gasteiger partial charge in [-0.05, 0) is 48.0 Å². The maximum Gasteiger partial charge on any atom is 0.0579 e. The summed E-state index contributed by atoms with van der Waals surface area (Å²) in [4.78, 5) is 0. The summed E-state index contributed by atoms with van der Waals surface area (Å²) >= 11 is 0. The Kier molecular flexibility index (Phi) is 10.6. The molecule has 128 valence electrons. The molecule has 21 heavy (non-hydrogen) atoms. The van der Waals surface area contributed by atoms with Crippen LogP contribution in [-0.4, -0.2) is 17.2 Å². The summed E-state index contributed by atoms with van der Waals surface area (Å²) < 4.78 is 0. The SMILES string of the molecule is CCCCCCCCCCC(NC(C)(C)C)NC(C)(C)C. The number of hydrogen-bond acceptors (Lipinski definition) is 2. The molecular weight excluding hydrogens is 256 g/mol. The Morgan fingerprint density at radius 3 is 1.38 bits per heavy atom. The summed E-state index contributed by atoms with van der Waals surface area (Å²) in [6, 6.07) is 0. The van der Waals surface area contributed by atoms with Crippen LogP contribution in [0.2, 0.25) is 0 Å². The maximum atomic E-state index is 3.72. The molecular formula is C19H42N2. The van der Waals surface area contributed by atoms with E-state index in [1.807, 2.05) is 0 Å². The Hall–Kier alpha value is -0.0800. The van der Waals surface area contributed by atoms with Crippen molar-refractivity contribution in [2.75, 3.05) is 0 Å². The predicted molar refractivity (Wildman–Crippen MR) is 96.8 cm³/mol. The Balaban J connectivity index is 3.86. The maximum absolute atomic E-state index is 3.72. The van der Waals surface area contributed by atoms with Crippen LogP contribution >= 0.6 is 0 Å². The first-order valence-corrected chi connectivity index (χ1v) is 9.19. The highest BCUT2D eigenvalue weighted by Gasteiger charge is 2.21.